The highest BCUT2D eigenvalue weighted by Crippen LogP contribution is 2.27. The molecule has 0 aliphatic rings. The first-order chi connectivity index (χ1) is 19.1. The van der Waals surface area contributed by atoms with Gasteiger partial charge in [-0.25, -0.2) is 0 Å². The van der Waals surface area contributed by atoms with Gasteiger partial charge in [0.05, 0.1) is 27.4 Å². The Kier molecular flexibility index (Phi) is 10.0. The Morgan fingerprint density at radius 3 is 2.18 bits per heavy atom. The Labute approximate surface area is 230 Å². The van der Waals surface area contributed by atoms with Crippen LogP contribution in [-0.4, -0.2) is 38.2 Å². The highest BCUT2D eigenvalue weighted by atomic mass is 16.5. The first kappa shape index (κ1) is 27.8. The van der Waals surface area contributed by atoms with E-state index in [4.69, 9.17) is 18.6 Å². The number of amides is 1. The fourth-order valence-corrected chi connectivity index (χ4v) is 4.37. The van der Waals surface area contributed by atoms with Gasteiger partial charge in [0.2, 0.25) is 0 Å². The number of nitrogens with zero attached hydrogens (tertiary/aromatic N) is 1. The second-order valence-corrected chi connectivity index (χ2v) is 9.17. The molecule has 0 bridgehead atoms. The van der Waals surface area contributed by atoms with E-state index in [1.54, 1.807) is 20.3 Å². The van der Waals surface area contributed by atoms with Crippen LogP contribution in [0.15, 0.2) is 89.3 Å². The van der Waals surface area contributed by atoms with Gasteiger partial charge in [-0.3, -0.25) is 9.69 Å². The molecule has 7 heteroatoms. The molecule has 39 heavy (non-hydrogen) atoms. The summed E-state index contributed by atoms with van der Waals surface area (Å²) >= 11 is 0. The molecule has 1 aromatic heterocycles. The van der Waals surface area contributed by atoms with E-state index in [1.807, 2.05) is 61.5 Å². The molecule has 0 unspecified atom stereocenters. The maximum Gasteiger partial charge on any atom is 0.287 e. The van der Waals surface area contributed by atoms with Crippen molar-refractivity contribution in [1.82, 2.24) is 10.2 Å². The van der Waals surface area contributed by atoms with E-state index in [9.17, 15) is 4.79 Å². The average molecular weight is 529 g/mol. The van der Waals surface area contributed by atoms with E-state index in [0.717, 1.165) is 30.2 Å². The van der Waals surface area contributed by atoms with Crippen LogP contribution in [0, 0.1) is 0 Å². The van der Waals surface area contributed by atoms with Crippen LogP contribution in [0.2, 0.25) is 0 Å². The molecular formula is C32H36N2O5. The van der Waals surface area contributed by atoms with E-state index in [0.29, 0.717) is 43.4 Å². The fourth-order valence-electron chi connectivity index (χ4n) is 4.37. The second kappa shape index (κ2) is 14.1. The van der Waals surface area contributed by atoms with Crippen molar-refractivity contribution < 1.29 is 23.4 Å². The number of hydrogen-bond acceptors (Lipinski definition) is 6. The minimum Gasteiger partial charge on any atom is -0.494 e. The molecule has 0 saturated carbocycles. The maximum atomic E-state index is 12.7. The Hall–Kier alpha value is -4.23. The van der Waals surface area contributed by atoms with Crippen molar-refractivity contribution in [2.24, 2.45) is 0 Å². The topological polar surface area (TPSA) is 73.2 Å². The minimum absolute atomic E-state index is 0.233. The van der Waals surface area contributed by atoms with Gasteiger partial charge < -0.3 is 23.9 Å². The van der Waals surface area contributed by atoms with E-state index < -0.39 is 0 Å². The lowest BCUT2D eigenvalue weighted by Crippen LogP contribution is -2.25. The number of furan rings is 1. The number of carbonyl (C=O) groups excluding carboxylic acids is 1. The van der Waals surface area contributed by atoms with Crippen LogP contribution >= 0.6 is 0 Å². The molecule has 1 heterocycles. The second-order valence-electron chi connectivity index (χ2n) is 9.17. The average Bonchev–Trinajstić information content (AvgIpc) is 3.43. The number of carbonyl (C=O) groups is 1. The summed E-state index contributed by atoms with van der Waals surface area (Å²) in [6.45, 7) is 5.15. The van der Waals surface area contributed by atoms with Crippen LogP contribution in [0.25, 0.3) is 0 Å². The fraction of sp³-hybridized carbons (Fsp3) is 0.281. The molecule has 0 aliphatic carbocycles. The summed E-state index contributed by atoms with van der Waals surface area (Å²) in [5, 5.41) is 2.95. The number of hydrogen-bond donors (Lipinski definition) is 1. The molecule has 1 amide bonds. The van der Waals surface area contributed by atoms with Crippen LogP contribution in [0.1, 0.15) is 39.9 Å². The zero-order chi connectivity index (χ0) is 27.5. The van der Waals surface area contributed by atoms with Crippen molar-refractivity contribution in [3.63, 3.8) is 0 Å². The summed E-state index contributed by atoms with van der Waals surface area (Å²) in [6.07, 6.45) is 0.659. The van der Waals surface area contributed by atoms with Gasteiger partial charge in [-0.1, -0.05) is 48.5 Å². The Morgan fingerprint density at radius 1 is 0.795 bits per heavy atom. The van der Waals surface area contributed by atoms with Crippen molar-refractivity contribution in [3.8, 4) is 17.2 Å². The lowest BCUT2D eigenvalue weighted by Gasteiger charge is -2.22. The van der Waals surface area contributed by atoms with Gasteiger partial charge in [-0.15, -0.1) is 0 Å². The summed E-state index contributed by atoms with van der Waals surface area (Å²) in [6, 6.07) is 27.9. The third-order valence-corrected chi connectivity index (χ3v) is 6.30. The van der Waals surface area contributed by atoms with Gasteiger partial charge in [-0.05, 0) is 66.4 Å². The maximum absolute atomic E-state index is 12.7. The number of methoxy groups -OCH3 is 2. The standard InChI is InChI=1S/C32H36N2O5/c1-4-38-27-13-10-26(11-14-27)22-34(21-25-8-6-5-7-9-25)23-28-15-17-30(39-28)32(35)33-19-18-24-12-16-29(36-2)31(20-24)37-3/h5-17,20H,4,18-19,21-23H2,1-3H3,(H,33,35). The van der Waals surface area contributed by atoms with Gasteiger partial charge in [0.1, 0.15) is 11.5 Å². The van der Waals surface area contributed by atoms with Gasteiger partial charge in [0.25, 0.3) is 5.91 Å². The lowest BCUT2D eigenvalue weighted by atomic mass is 10.1. The van der Waals surface area contributed by atoms with Crippen molar-refractivity contribution >= 4 is 5.91 Å². The SMILES string of the molecule is CCOc1ccc(CN(Cc2ccccc2)Cc2ccc(C(=O)NCCc3ccc(OC)c(OC)c3)o2)cc1. The first-order valence-corrected chi connectivity index (χ1v) is 13.1. The Balaban J connectivity index is 1.36. The molecule has 0 aliphatic heterocycles. The molecule has 0 saturated heterocycles. The smallest absolute Gasteiger partial charge is 0.287 e. The molecule has 0 spiro atoms. The van der Waals surface area contributed by atoms with Gasteiger partial charge in [0, 0.05) is 19.6 Å². The van der Waals surface area contributed by atoms with Crippen molar-refractivity contribution in [1.29, 1.82) is 0 Å². The number of benzene rings is 3. The van der Waals surface area contributed by atoms with Crippen molar-refractivity contribution in [3.05, 3.63) is 113 Å². The monoisotopic (exact) mass is 528 g/mol. The zero-order valence-electron chi connectivity index (χ0n) is 22.8. The van der Waals surface area contributed by atoms with E-state index in [2.05, 4.69) is 34.5 Å². The summed E-state index contributed by atoms with van der Waals surface area (Å²) in [5.41, 5.74) is 3.43. The third kappa shape index (κ3) is 8.12. The number of ether oxygens (including phenoxy) is 3. The van der Waals surface area contributed by atoms with Crippen molar-refractivity contribution in [2.75, 3.05) is 27.4 Å². The summed E-state index contributed by atoms with van der Waals surface area (Å²) < 4.78 is 22.2. The Bertz CT molecular complexity index is 1320. The van der Waals surface area contributed by atoms with Crippen LogP contribution in [0.4, 0.5) is 0 Å². The number of nitrogens with one attached hydrogen (secondary N) is 1. The van der Waals surface area contributed by atoms with Crippen LogP contribution in [-0.2, 0) is 26.1 Å². The minimum atomic E-state index is -0.233. The summed E-state index contributed by atoms with van der Waals surface area (Å²) in [4.78, 5) is 15.0. The lowest BCUT2D eigenvalue weighted by molar-refractivity contribution is 0.0922. The van der Waals surface area contributed by atoms with Crippen LogP contribution < -0.4 is 19.5 Å². The molecule has 3 aromatic carbocycles. The normalized spacial score (nSPS) is 10.9. The first-order valence-electron chi connectivity index (χ1n) is 13.1. The van der Waals surface area contributed by atoms with Crippen molar-refractivity contribution in [2.45, 2.75) is 33.0 Å². The molecule has 7 nitrogen and oxygen atoms in total. The van der Waals surface area contributed by atoms with Gasteiger partial charge >= 0.3 is 0 Å². The third-order valence-electron chi connectivity index (χ3n) is 6.30. The highest BCUT2D eigenvalue weighted by Gasteiger charge is 2.15. The molecule has 0 atom stereocenters. The molecule has 204 valence electrons. The molecule has 0 fully saturated rings. The number of rotatable bonds is 14. The molecule has 1 N–H and O–H groups in total. The quantitative estimate of drug-likeness (QED) is 0.221. The molecular weight excluding hydrogens is 492 g/mol. The van der Waals surface area contributed by atoms with E-state index in [-0.39, 0.29) is 5.91 Å². The predicted molar refractivity (Wildman–Crippen MR) is 151 cm³/mol. The predicted octanol–water partition coefficient (Wildman–Crippen LogP) is 5.87. The van der Waals surface area contributed by atoms with Gasteiger partial charge in [0.15, 0.2) is 17.3 Å². The molecule has 4 rings (SSSR count). The van der Waals surface area contributed by atoms with Gasteiger partial charge in [-0.2, -0.15) is 0 Å². The highest BCUT2D eigenvalue weighted by molar-refractivity contribution is 5.91. The summed E-state index contributed by atoms with van der Waals surface area (Å²) in [5.74, 6) is 3.02. The Morgan fingerprint density at radius 2 is 1.49 bits per heavy atom. The van der Waals surface area contributed by atoms with Crippen LogP contribution in [0.3, 0.4) is 0 Å². The zero-order valence-corrected chi connectivity index (χ0v) is 22.8. The molecule has 4 aromatic rings. The van der Waals surface area contributed by atoms with Crippen LogP contribution in [0.5, 0.6) is 17.2 Å². The largest absolute Gasteiger partial charge is 0.494 e. The summed E-state index contributed by atoms with van der Waals surface area (Å²) in [7, 11) is 3.22. The van der Waals surface area contributed by atoms with E-state index in [1.165, 1.54) is 11.1 Å². The van der Waals surface area contributed by atoms with E-state index >= 15 is 0 Å². The molecule has 0 radical (unpaired) electrons.